The molecular weight excluding hydrogens is 170 g/mol. The van der Waals surface area contributed by atoms with Crippen molar-refractivity contribution in [1.82, 2.24) is 0 Å². The maximum absolute atomic E-state index is 5.77. The molecule has 1 aromatic carbocycles. The first-order chi connectivity index (χ1) is 6.58. The summed E-state index contributed by atoms with van der Waals surface area (Å²) in [5.74, 6) is 0.678. The summed E-state index contributed by atoms with van der Waals surface area (Å²) in [5, 5.41) is 0. The van der Waals surface area contributed by atoms with Crippen molar-refractivity contribution in [3.63, 3.8) is 0 Å². The molecule has 1 rings (SSSR count). The van der Waals surface area contributed by atoms with E-state index < -0.39 is 0 Å². The Morgan fingerprint density at radius 1 is 1.14 bits per heavy atom. The zero-order valence-corrected chi connectivity index (χ0v) is 9.46. The zero-order valence-electron chi connectivity index (χ0n) is 9.46. The van der Waals surface area contributed by atoms with Crippen molar-refractivity contribution in [2.24, 2.45) is 11.7 Å². The van der Waals surface area contributed by atoms with E-state index in [0.717, 1.165) is 12.8 Å². The summed E-state index contributed by atoms with van der Waals surface area (Å²) in [5.41, 5.74) is 8.52. The quantitative estimate of drug-likeness (QED) is 0.778. The standard InChI is InChI=1S/C13H21N/c1-10-4-6-13(7-5-10)9-11(2)8-12(3)14/h4-7,11-12H,8-9,14H2,1-3H3/t11-,12+/m1/s1. The lowest BCUT2D eigenvalue weighted by Crippen LogP contribution is -2.19. The molecule has 0 bridgehead atoms. The van der Waals surface area contributed by atoms with Gasteiger partial charge in [-0.25, -0.2) is 0 Å². The Bertz CT molecular complexity index is 261. The number of benzene rings is 1. The molecule has 0 saturated heterocycles. The van der Waals surface area contributed by atoms with E-state index in [4.69, 9.17) is 5.73 Å². The van der Waals surface area contributed by atoms with Crippen LogP contribution in [-0.4, -0.2) is 6.04 Å². The fourth-order valence-corrected chi connectivity index (χ4v) is 1.84. The molecule has 0 amide bonds. The first-order valence-corrected chi connectivity index (χ1v) is 5.39. The van der Waals surface area contributed by atoms with E-state index in [1.165, 1.54) is 11.1 Å². The Labute approximate surface area is 87.3 Å². The van der Waals surface area contributed by atoms with Crippen LogP contribution in [0.15, 0.2) is 24.3 Å². The molecule has 0 spiro atoms. The lowest BCUT2D eigenvalue weighted by molar-refractivity contribution is 0.480. The maximum Gasteiger partial charge on any atom is 0.00131 e. The number of rotatable bonds is 4. The molecule has 0 aliphatic heterocycles. The smallest absolute Gasteiger partial charge is 0.00131 e. The van der Waals surface area contributed by atoms with E-state index in [2.05, 4.69) is 45.0 Å². The first kappa shape index (κ1) is 11.3. The SMILES string of the molecule is Cc1ccc(C[C@H](C)C[C@H](C)N)cc1. The van der Waals surface area contributed by atoms with Gasteiger partial charge in [0.05, 0.1) is 0 Å². The summed E-state index contributed by atoms with van der Waals surface area (Å²) in [7, 11) is 0. The maximum atomic E-state index is 5.77. The van der Waals surface area contributed by atoms with Crippen molar-refractivity contribution in [3.8, 4) is 0 Å². The Morgan fingerprint density at radius 3 is 2.21 bits per heavy atom. The van der Waals surface area contributed by atoms with Gasteiger partial charge in [-0.2, -0.15) is 0 Å². The molecule has 2 atom stereocenters. The monoisotopic (exact) mass is 191 g/mol. The topological polar surface area (TPSA) is 26.0 Å². The minimum atomic E-state index is 0.315. The molecule has 14 heavy (non-hydrogen) atoms. The van der Waals surface area contributed by atoms with Gasteiger partial charge in [-0.15, -0.1) is 0 Å². The van der Waals surface area contributed by atoms with E-state index >= 15 is 0 Å². The Hall–Kier alpha value is -0.820. The fraction of sp³-hybridized carbons (Fsp3) is 0.538. The predicted octanol–water partition coefficient (Wildman–Crippen LogP) is 2.91. The van der Waals surface area contributed by atoms with Crippen LogP contribution in [0.3, 0.4) is 0 Å². The number of nitrogens with two attached hydrogens (primary N) is 1. The third-order valence-electron chi connectivity index (χ3n) is 2.48. The average molecular weight is 191 g/mol. The van der Waals surface area contributed by atoms with E-state index in [0.29, 0.717) is 12.0 Å². The normalized spacial score (nSPS) is 15.1. The molecule has 0 aliphatic rings. The largest absolute Gasteiger partial charge is 0.328 e. The van der Waals surface area contributed by atoms with E-state index in [1.807, 2.05) is 0 Å². The summed E-state index contributed by atoms with van der Waals surface area (Å²) in [6.07, 6.45) is 2.25. The Morgan fingerprint density at radius 2 is 1.71 bits per heavy atom. The van der Waals surface area contributed by atoms with Crippen molar-refractivity contribution in [2.45, 2.75) is 39.7 Å². The first-order valence-electron chi connectivity index (χ1n) is 5.39. The molecule has 0 fully saturated rings. The molecule has 0 saturated carbocycles. The van der Waals surface area contributed by atoms with Crippen LogP contribution in [0.5, 0.6) is 0 Å². The minimum absolute atomic E-state index is 0.315. The Kier molecular flexibility index (Phi) is 4.15. The van der Waals surface area contributed by atoms with Gasteiger partial charge in [-0.3, -0.25) is 0 Å². The van der Waals surface area contributed by atoms with Crippen LogP contribution < -0.4 is 5.73 Å². The molecule has 0 unspecified atom stereocenters. The van der Waals surface area contributed by atoms with E-state index in [1.54, 1.807) is 0 Å². The predicted molar refractivity (Wildman–Crippen MR) is 62.3 cm³/mol. The molecule has 0 aliphatic carbocycles. The molecule has 1 nitrogen and oxygen atoms in total. The fourth-order valence-electron chi connectivity index (χ4n) is 1.84. The Balaban J connectivity index is 2.47. The van der Waals surface area contributed by atoms with E-state index in [9.17, 15) is 0 Å². The van der Waals surface area contributed by atoms with Crippen LogP contribution >= 0.6 is 0 Å². The molecule has 78 valence electrons. The number of aryl methyl sites for hydroxylation is 1. The van der Waals surface area contributed by atoms with Crippen LogP contribution in [-0.2, 0) is 6.42 Å². The molecule has 0 aromatic heterocycles. The highest BCUT2D eigenvalue weighted by atomic mass is 14.6. The highest BCUT2D eigenvalue weighted by Gasteiger charge is 2.05. The van der Waals surface area contributed by atoms with Gasteiger partial charge in [0, 0.05) is 6.04 Å². The van der Waals surface area contributed by atoms with Gasteiger partial charge in [-0.05, 0) is 38.2 Å². The minimum Gasteiger partial charge on any atom is -0.328 e. The van der Waals surface area contributed by atoms with Crippen molar-refractivity contribution in [1.29, 1.82) is 0 Å². The van der Waals surface area contributed by atoms with Gasteiger partial charge in [0.15, 0.2) is 0 Å². The molecule has 0 radical (unpaired) electrons. The van der Waals surface area contributed by atoms with Crippen molar-refractivity contribution in [3.05, 3.63) is 35.4 Å². The van der Waals surface area contributed by atoms with Crippen LogP contribution in [0.1, 0.15) is 31.4 Å². The molecule has 1 aromatic rings. The van der Waals surface area contributed by atoms with Gasteiger partial charge < -0.3 is 5.73 Å². The molecule has 0 heterocycles. The molecular formula is C13H21N. The highest BCUT2D eigenvalue weighted by molar-refractivity contribution is 5.21. The third-order valence-corrected chi connectivity index (χ3v) is 2.48. The van der Waals surface area contributed by atoms with Crippen LogP contribution in [0.4, 0.5) is 0 Å². The van der Waals surface area contributed by atoms with Gasteiger partial charge in [0.1, 0.15) is 0 Å². The van der Waals surface area contributed by atoms with Crippen molar-refractivity contribution < 1.29 is 0 Å². The lowest BCUT2D eigenvalue weighted by Gasteiger charge is -2.13. The van der Waals surface area contributed by atoms with Crippen LogP contribution in [0, 0.1) is 12.8 Å². The third kappa shape index (κ3) is 3.93. The van der Waals surface area contributed by atoms with Crippen molar-refractivity contribution in [2.75, 3.05) is 0 Å². The molecule has 1 heteroatoms. The molecule has 2 N–H and O–H groups in total. The second-order valence-corrected chi connectivity index (χ2v) is 4.51. The number of hydrogen-bond donors (Lipinski definition) is 1. The van der Waals surface area contributed by atoms with Gasteiger partial charge in [0.25, 0.3) is 0 Å². The van der Waals surface area contributed by atoms with Crippen LogP contribution in [0.2, 0.25) is 0 Å². The van der Waals surface area contributed by atoms with Gasteiger partial charge in [-0.1, -0.05) is 36.8 Å². The summed E-state index contributed by atoms with van der Waals surface area (Å²) in [6.45, 7) is 6.46. The summed E-state index contributed by atoms with van der Waals surface area (Å²) in [4.78, 5) is 0. The summed E-state index contributed by atoms with van der Waals surface area (Å²) < 4.78 is 0. The zero-order chi connectivity index (χ0) is 10.6. The lowest BCUT2D eigenvalue weighted by atomic mass is 9.95. The van der Waals surface area contributed by atoms with Crippen molar-refractivity contribution >= 4 is 0 Å². The van der Waals surface area contributed by atoms with Gasteiger partial charge >= 0.3 is 0 Å². The van der Waals surface area contributed by atoms with Crippen LogP contribution in [0.25, 0.3) is 0 Å². The summed E-state index contributed by atoms with van der Waals surface area (Å²) >= 11 is 0. The van der Waals surface area contributed by atoms with E-state index in [-0.39, 0.29) is 0 Å². The summed E-state index contributed by atoms with van der Waals surface area (Å²) in [6, 6.07) is 9.09. The average Bonchev–Trinajstić information content (AvgIpc) is 2.07. The highest BCUT2D eigenvalue weighted by Crippen LogP contribution is 2.13. The number of hydrogen-bond acceptors (Lipinski definition) is 1. The second-order valence-electron chi connectivity index (χ2n) is 4.51. The van der Waals surface area contributed by atoms with Gasteiger partial charge in [0.2, 0.25) is 0 Å². The second kappa shape index (κ2) is 5.16.